The summed E-state index contributed by atoms with van der Waals surface area (Å²) < 4.78 is 29.7. The van der Waals surface area contributed by atoms with Crippen molar-refractivity contribution in [2.75, 3.05) is 0 Å². The zero-order chi connectivity index (χ0) is 24.2. The lowest BCUT2D eigenvalue weighted by Crippen LogP contribution is -2.49. The first-order valence-electron chi connectivity index (χ1n) is 10.7. The number of halogens is 2. The number of carbonyl (C=O) groups is 2. The number of imidazole rings is 1. The zero-order valence-electron chi connectivity index (χ0n) is 18.6. The molecule has 9 heteroatoms. The molecule has 0 saturated heterocycles. The second-order valence-corrected chi connectivity index (χ2v) is 8.14. The van der Waals surface area contributed by atoms with Crippen molar-refractivity contribution in [2.45, 2.75) is 26.4 Å². The van der Waals surface area contributed by atoms with Gasteiger partial charge < -0.3 is 10.6 Å². The molecule has 2 N–H and O–H groups in total. The molecule has 0 aliphatic heterocycles. The fourth-order valence-electron chi connectivity index (χ4n) is 3.57. The van der Waals surface area contributed by atoms with E-state index in [9.17, 15) is 18.4 Å². The van der Waals surface area contributed by atoms with Gasteiger partial charge in [0.25, 0.3) is 5.91 Å². The molecule has 1 atom stereocenters. The van der Waals surface area contributed by atoms with Crippen LogP contribution in [0.2, 0.25) is 0 Å². The molecule has 7 nitrogen and oxygen atoms in total. The molecule has 2 aromatic carbocycles. The molecule has 4 aromatic rings. The van der Waals surface area contributed by atoms with E-state index in [1.165, 1.54) is 6.07 Å². The van der Waals surface area contributed by atoms with Crippen molar-refractivity contribution in [2.24, 2.45) is 5.92 Å². The van der Waals surface area contributed by atoms with Gasteiger partial charge in [-0.15, -0.1) is 0 Å². The number of amides is 2. The Bertz CT molecular complexity index is 1310. The van der Waals surface area contributed by atoms with E-state index in [1.807, 2.05) is 41.0 Å². The average molecular weight is 463 g/mol. The number of nitrogens with one attached hydrogen (secondary N) is 2. The quantitative estimate of drug-likeness (QED) is 0.437. The normalized spacial score (nSPS) is 12.0. The van der Waals surface area contributed by atoms with Crippen LogP contribution in [0.25, 0.3) is 16.9 Å². The Morgan fingerprint density at radius 2 is 1.71 bits per heavy atom. The van der Waals surface area contributed by atoms with Gasteiger partial charge >= 0.3 is 0 Å². The van der Waals surface area contributed by atoms with Crippen molar-refractivity contribution in [3.63, 3.8) is 0 Å². The van der Waals surface area contributed by atoms with Crippen molar-refractivity contribution in [3.05, 3.63) is 89.9 Å². The number of nitrogens with zero attached hydrogens (tertiary/aromatic N) is 3. The summed E-state index contributed by atoms with van der Waals surface area (Å²) >= 11 is 0. The molecule has 0 radical (unpaired) electrons. The van der Waals surface area contributed by atoms with E-state index in [4.69, 9.17) is 0 Å². The lowest BCUT2D eigenvalue weighted by atomic mass is 10.0. The van der Waals surface area contributed by atoms with Crippen LogP contribution in [0.5, 0.6) is 0 Å². The molecule has 4 rings (SSSR count). The van der Waals surface area contributed by atoms with E-state index in [0.29, 0.717) is 5.82 Å². The largest absolute Gasteiger partial charge is 0.350 e. The Labute approximate surface area is 194 Å². The summed E-state index contributed by atoms with van der Waals surface area (Å²) in [6.07, 6.45) is 3.34. The summed E-state index contributed by atoms with van der Waals surface area (Å²) in [5, 5.41) is 5.19. The van der Waals surface area contributed by atoms with Crippen LogP contribution < -0.4 is 10.6 Å². The third-order valence-corrected chi connectivity index (χ3v) is 5.40. The molecule has 0 unspecified atom stereocenters. The van der Waals surface area contributed by atoms with Crippen LogP contribution in [0.4, 0.5) is 8.78 Å². The Balaban J connectivity index is 1.41. The Morgan fingerprint density at radius 3 is 2.38 bits per heavy atom. The van der Waals surface area contributed by atoms with Crippen molar-refractivity contribution < 1.29 is 18.4 Å². The number of hydrogen-bond acceptors (Lipinski definition) is 4. The number of rotatable bonds is 7. The minimum absolute atomic E-state index is 0.171. The number of benzene rings is 2. The van der Waals surface area contributed by atoms with Gasteiger partial charge in [-0.25, -0.2) is 18.7 Å². The van der Waals surface area contributed by atoms with E-state index in [0.717, 1.165) is 28.7 Å². The molecule has 174 valence electrons. The summed E-state index contributed by atoms with van der Waals surface area (Å²) in [7, 11) is 0. The van der Waals surface area contributed by atoms with Gasteiger partial charge in [0.05, 0.1) is 11.0 Å². The first-order chi connectivity index (χ1) is 16.3. The molecule has 2 heterocycles. The highest BCUT2D eigenvalue weighted by Crippen LogP contribution is 2.17. The number of aromatic nitrogens is 3. The topological polar surface area (TPSA) is 88.9 Å². The van der Waals surface area contributed by atoms with Gasteiger partial charge in [0.2, 0.25) is 5.91 Å². The average Bonchev–Trinajstić information content (AvgIpc) is 3.25. The second kappa shape index (κ2) is 9.78. The van der Waals surface area contributed by atoms with Gasteiger partial charge in [-0.1, -0.05) is 38.1 Å². The van der Waals surface area contributed by atoms with Crippen molar-refractivity contribution in [3.8, 4) is 5.82 Å². The smallest absolute Gasteiger partial charge is 0.257 e. The van der Waals surface area contributed by atoms with Gasteiger partial charge in [-0.3, -0.25) is 14.2 Å². The highest BCUT2D eigenvalue weighted by Gasteiger charge is 2.27. The molecule has 0 saturated carbocycles. The maximum absolute atomic E-state index is 13.9. The van der Waals surface area contributed by atoms with Crippen LogP contribution in [0.3, 0.4) is 0 Å². The van der Waals surface area contributed by atoms with Crippen LogP contribution in [-0.4, -0.2) is 32.4 Å². The molecule has 2 aromatic heterocycles. The van der Waals surface area contributed by atoms with E-state index in [-0.39, 0.29) is 12.5 Å². The molecule has 0 spiro atoms. The fourth-order valence-corrected chi connectivity index (χ4v) is 3.57. The molecular weight excluding hydrogens is 440 g/mol. The maximum atomic E-state index is 13.9. The van der Waals surface area contributed by atoms with E-state index >= 15 is 0 Å². The first-order valence-corrected chi connectivity index (χ1v) is 10.7. The van der Waals surface area contributed by atoms with Crippen LogP contribution in [0.1, 0.15) is 29.8 Å². The summed E-state index contributed by atoms with van der Waals surface area (Å²) in [5.74, 6) is -3.06. The van der Waals surface area contributed by atoms with Gasteiger partial charge in [0.1, 0.15) is 35.4 Å². The van der Waals surface area contributed by atoms with E-state index in [1.54, 1.807) is 26.4 Å². The Kier molecular flexibility index (Phi) is 6.62. The minimum Gasteiger partial charge on any atom is -0.350 e. The second-order valence-electron chi connectivity index (χ2n) is 8.14. The monoisotopic (exact) mass is 463 g/mol. The minimum atomic E-state index is -0.989. The highest BCUT2D eigenvalue weighted by atomic mass is 19.1. The number of fused-ring (bicyclic) bond motifs is 1. The van der Waals surface area contributed by atoms with E-state index < -0.39 is 35.1 Å². The third kappa shape index (κ3) is 4.78. The Morgan fingerprint density at radius 1 is 0.971 bits per heavy atom. The summed E-state index contributed by atoms with van der Waals surface area (Å²) in [4.78, 5) is 34.0. The number of hydrogen-bond donors (Lipinski definition) is 2. The van der Waals surface area contributed by atoms with Gasteiger partial charge in [-0.2, -0.15) is 0 Å². The zero-order valence-corrected chi connectivity index (χ0v) is 18.6. The Hall–Kier alpha value is -4.14. The van der Waals surface area contributed by atoms with Gasteiger partial charge in [-0.05, 0) is 41.8 Å². The van der Waals surface area contributed by atoms with Gasteiger partial charge in [0, 0.05) is 12.7 Å². The predicted octanol–water partition coefficient (Wildman–Crippen LogP) is 3.77. The number of carbonyl (C=O) groups excluding carboxylic acids is 2. The molecule has 0 bridgehead atoms. The SMILES string of the molecule is CC(C)[C@H](NC(=O)c1c(F)cccc1F)C(=O)NCc1ccc(-n2cnc3ccccc32)nc1. The fraction of sp³-hybridized carbons (Fsp3) is 0.200. The predicted molar refractivity (Wildman–Crippen MR) is 123 cm³/mol. The molecular formula is C25H23F2N5O2. The molecule has 34 heavy (non-hydrogen) atoms. The van der Waals surface area contributed by atoms with Crippen molar-refractivity contribution >= 4 is 22.8 Å². The van der Waals surface area contributed by atoms with E-state index in [2.05, 4.69) is 20.6 Å². The first kappa shape index (κ1) is 23.0. The van der Waals surface area contributed by atoms with Crippen LogP contribution in [0.15, 0.2) is 67.1 Å². The molecule has 2 amide bonds. The van der Waals surface area contributed by atoms with Crippen molar-refractivity contribution in [1.82, 2.24) is 25.2 Å². The van der Waals surface area contributed by atoms with Crippen LogP contribution >= 0.6 is 0 Å². The lowest BCUT2D eigenvalue weighted by Gasteiger charge is -2.22. The standard InChI is InChI=1S/C25H23F2N5O2/c1-15(2)23(31-24(33)22-17(26)6-5-7-18(22)27)25(34)29-13-16-10-11-21(28-12-16)32-14-30-19-8-3-4-9-20(19)32/h3-12,14-15,23H,13H2,1-2H3,(H,29,34)(H,31,33)/t23-/m0/s1. The summed E-state index contributed by atoms with van der Waals surface area (Å²) in [6.45, 7) is 3.63. The number of para-hydroxylation sites is 2. The molecule has 0 aliphatic rings. The highest BCUT2D eigenvalue weighted by molar-refractivity contribution is 5.98. The third-order valence-electron chi connectivity index (χ3n) is 5.40. The van der Waals surface area contributed by atoms with Crippen LogP contribution in [0, 0.1) is 17.6 Å². The summed E-state index contributed by atoms with van der Waals surface area (Å²) in [5.41, 5.74) is 1.82. The van der Waals surface area contributed by atoms with Crippen molar-refractivity contribution in [1.29, 1.82) is 0 Å². The van der Waals surface area contributed by atoms with Gasteiger partial charge in [0.15, 0.2) is 0 Å². The summed E-state index contributed by atoms with van der Waals surface area (Å²) in [6, 6.07) is 13.5. The molecule has 0 aliphatic carbocycles. The van der Waals surface area contributed by atoms with Crippen LogP contribution in [-0.2, 0) is 11.3 Å². The maximum Gasteiger partial charge on any atom is 0.257 e. The number of pyridine rings is 1. The lowest BCUT2D eigenvalue weighted by molar-refractivity contribution is -0.124. The molecule has 0 fully saturated rings.